The molecule has 4 nitrogen and oxygen atoms in total. The average Bonchev–Trinajstić information content (AvgIpc) is 2.63. The molecule has 1 aliphatic rings. The zero-order valence-corrected chi connectivity index (χ0v) is 13.8. The monoisotopic (exact) mass is 326 g/mol. The molecule has 126 valence electrons. The van der Waals surface area contributed by atoms with E-state index in [9.17, 15) is 4.79 Å². The van der Waals surface area contributed by atoms with Crippen molar-refractivity contribution in [1.29, 1.82) is 0 Å². The molecule has 0 spiro atoms. The Hall–Kier alpha value is -2.01. The first kappa shape index (κ1) is 16.8. The van der Waals surface area contributed by atoms with Gasteiger partial charge in [0.15, 0.2) is 12.1 Å². The van der Waals surface area contributed by atoms with Gasteiger partial charge in [0.2, 0.25) is 0 Å². The van der Waals surface area contributed by atoms with Crippen LogP contribution in [0.3, 0.4) is 0 Å². The molecule has 2 aromatic carbocycles. The van der Waals surface area contributed by atoms with Gasteiger partial charge in [-0.15, -0.1) is 0 Å². The second kappa shape index (κ2) is 8.20. The maximum absolute atomic E-state index is 12.0. The smallest absolute Gasteiger partial charge is 0.185 e. The highest BCUT2D eigenvalue weighted by Crippen LogP contribution is 2.23. The minimum Gasteiger partial charge on any atom is -0.368 e. The maximum Gasteiger partial charge on any atom is 0.185 e. The predicted octanol–water partition coefficient (Wildman–Crippen LogP) is 3.49. The topological polar surface area (TPSA) is 44.8 Å². The van der Waals surface area contributed by atoms with Gasteiger partial charge in [-0.25, -0.2) is 0 Å². The highest BCUT2D eigenvalue weighted by molar-refractivity contribution is 5.83. The molecule has 2 aromatic rings. The summed E-state index contributed by atoms with van der Waals surface area (Å²) in [7, 11) is 0. The van der Waals surface area contributed by atoms with Crippen LogP contribution in [0.1, 0.15) is 24.5 Å². The lowest BCUT2D eigenvalue weighted by atomic mass is 10.1. The van der Waals surface area contributed by atoms with Crippen molar-refractivity contribution < 1.29 is 19.0 Å². The van der Waals surface area contributed by atoms with Gasteiger partial charge in [-0.2, -0.15) is 0 Å². The Kier molecular flexibility index (Phi) is 5.75. The molecule has 0 radical (unpaired) electrons. The molecule has 1 heterocycles. The highest BCUT2D eigenvalue weighted by Gasteiger charge is 2.36. The Balaban J connectivity index is 1.60. The Morgan fingerprint density at radius 3 is 2.04 bits per heavy atom. The van der Waals surface area contributed by atoms with Crippen LogP contribution in [0.15, 0.2) is 60.7 Å². The van der Waals surface area contributed by atoms with Crippen molar-refractivity contribution in [3.63, 3.8) is 0 Å². The van der Waals surface area contributed by atoms with Gasteiger partial charge < -0.3 is 14.2 Å². The van der Waals surface area contributed by atoms with Gasteiger partial charge in [0, 0.05) is 6.42 Å². The van der Waals surface area contributed by atoms with Crippen molar-refractivity contribution in [3.05, 3.63) is 71.8 Å². The summed E-state index contributed by atoms with van der Waals surface area (Å²) in [4.78, 5) is 12.0. The third kappa shape index (κ3) is 4.51. The van der Waals surface area contributed by atoms with E-state index in [1.54, 1.807) is 6.92 Å². The molecule has 24 heavy (non-hydrogen) atoms. The number of hydrogen-bond acceptors (Lipinski definition) is 4. The zero-order chi connectivity index (χ0) is 16.8. The van der Waals surface area contributed by atoms with Gasteiger partial charge in [-0.05, 0) is 18.1 Å². The minimum absolute atomic E-state index is 0.0487. The Morgan fingerprint density at radius 1 is 0.917 bits per heavy atom. The largest absolute Gasteiger partial charge is 0.368 e. The first-order valence-electron chi connectivity index (χ1n) is 8.21. The molecule has 0 amide bonds. The minimum atomic E-state index is -0.540. The molecule has 0 saturated carbocycles. The molecule has 0 aromatic heterocycles. The van der Waals surface area contributed by atoms with Crippen LogP contribution in [0.4, 0.5) is 0 Å². The first-order chi connectivity index (χ1) is 11.7. The Morgan fingerprint density at radius 2 is 1.46 bits per heavy atom. The van der Waals surface area contributed by atoms with Crippen LogP contribution in [0.5, 0.6) is 0 Å². The third-order valence-corrected chi connectivity index (χ3v) is 4.06. The SMILES string of the molecule is C[C@@H]1O[C@@H](OCc2ccccc2)[C@H](OCc2ccccc2)CC1=O. The van der Waals surface area contributed by atoms with Crippen molar-refractivity contribution in [2.45, 2.75) is 45.1 Å². The fourth-order valence-corrected chi connectivity index (χ4v) is 2.64. The quantitative estimate of drug-likeness (QED) is 0.815. The molecule has 1 aliphatic heterocycles. The summed E-state index contributed by atoms with van der Waals surface area (Å²) in [5.74, 6) is 0.0487. The fraction of sp³-hybridized carbons (Fsp3) is 0.350. The van der Waals surface area contributed by atoms with Crippen LogP contribution in [0.2, 0.25) is 0 Å². The summed E-state index contributed by atoms with van der Waals surface area (Å²) in [5.41, 5.74) is 2.12. The second-order valence-electron chi connectivity index (χ2n) is 5.95. The van der Waals surface area contributed by atoms with Crippen LogP contribution in [0.25, 0.3) is 0 Å². The van der Waals surface area contributed by atoms with Crippen molar-refractivity contribution in [2.24, 2.45) is 0 Å². The normalized spacial score (nSPS) is 24.0. The lowest BCUT2D eigenvalue weighted by Crippen LogP contribution is -2.46. The summed E-state index contributed by atoms with van der Waals surface area (Å²) in [6.45, 7) is 2.62. The molecular weight excluding hydrogens is 304 g/mol. The van der Waals surface area contributed by atoms with E-state index in [2.05, 4.69) is 0 Å². The van der Waals surface area contributed by atoms with E-state index < -0.39 is 18.5 Å². The lowest BCUT2D eigenvalue weighted by Gasteiger charge is -2.34. The number of rotatable bonds is 6. The van der Waals surface area contributed by atoms with Gasteiger partial charge in [0.05, 0.1) is 13.2 Å². The van der Waals surface area contributed by atoms with Crippen molar-refractivity contribution in [2.75, 3.05) is 0 Å². The van der Waals surface area contributed by atoms with E-state index in [0.717, 1.165) is 11.1 Å². The van der Waals surface area contributed by atoms with Crippen molar-refractivity contribution >= 4 is 5.78 Å². The summed E-state index contributed by atoms with van der Waals surface area (Å²) < 4.78 is 17.5. The number of ketones is 1. The van der Waals surface area contributed by atoms with Gasteiger partial charge in [-0.1, -0.05) is 60.7 Å². The van der Waals surface area contributed by atoms with Crippen molar-refractivity contribution in [1.82, 2.24) is 0 Å². The molecule has 3 atom stereocenters. The summed E-state index contributed by atoms with van der Waals surface area (Å²) in [6, 6.07) is 19.8. The first-order valence-corrected chi connectivity index (χ1v) is 8.21. The average molecular weight is 326 g/mol. The van der Waals surface area contributed by atoms with Crippen LogP contribution in [0, 0.1) is 0 Å². The van der Waals surface area contributed by atoms with E-state index in [0.29, 0.717) is 19.6 Å². The van der Waals surface area contributed by atoms with Crippen molar-refractivity contribution in [3.8, 4) is 0 Å². The molecule has 0 unspecified atom stereocenters. The van der Waals surface area contributed by atoms with E-state index >= 15 is 0 Å². The van der Waals surface area contributed by atoms with Crippen LogP contribution in [-0.4, -0.2) is 24.3 Å². The molecule has 0 bridgehead atoms. The summed E-state index contributed by atoms with van der Waals surface area (Å²) in [5, 5.41) is 0. The fourth-order valence-electron chi connectivity index (χ4n) is 2.64. The van der Waals surface area contributed by atoms with E-state index in [4.69, 9.17) is 14.2 Å². The highest BCUT2D eigenvalue weighted by atomic mass is 16.7. The van der Waals surface area contributed by atoms with Gasteiger partial charge >= 0.3 is 0 Å². The van der Waals surface area contributed by atoms with Gasteiger partial charge in [0.1, 0.15) is 12.2 Å². The molecule has 3 rings (SSSR count). The molecular formula is C20H22O4. The van der Waals surface area contributed by atoms with Crippen LogP contribution < -0.4 is 0 Å². The summed E-state index contributed by atoms with van der Waals surface area (Å²) in [6.07, 6.45) is -1.07. The van der Waals surface area contributed by atoms with Gasteiger partial charge in [0.25, 0.3) is 0 Å². The Bertz CT molecular complexity index is 641. The maximum atomic E-state index is 12.0. The van der Waals surface area contributed by atoms with E-state index in [1.807, 2.05) is 60.7 Å². The number of carbonyl (C=O) groups excluding carboxylic acids is 1. The standard InChI is InChI=1S/C20H22O4/c1-15-18(21)12-19(22-13-16-8-4-2-5-9-16)20(24-15)23-14-17-10-6-3-7-11-17/h2-11,15,19-20H,12-14H2,1H3/t15-,19+,20+/m0/s1. The number of carbonyl (C=O) groups is 1. The number of ether oxygens (including phenoxy) is 3. The molecule has 4 heteroatoms. The Labute approximate surface area is 142 Å². The molecule has 0 aliphatic carbocycles. The number of Topliss-reactive ketones (excluding diaryl/α,β-unsaturated/α-hetero) is 1. The number of benzene rings is 2. The third-order valence-electron chi connectivity index (χ3n) is 4.06. The van der Waals surface area contributed by atoms with E-state index in [1.165, 1.54) is 0 Å². The molecule has 0 N–H and O–H groups in total. The van der Waals surface area contributed by atoms with Gasteiger partial charge in [-0.3, -0.25) is 4.79 Å². The second-order valence-corrected chi connectivity index (χ2v) is 5.95. The van der Waals surface area contributed by atoms with E-state index in [-0.39, 0.29) is 5.78 Å². The predicted molar refractivity (Wildman–Crippen MR) is 90.2 cm³/mol. The van der Waals surface area contributed by atoms with Crippen LogP contribution in [-0.2, 0) is 32.2 Å². The zero-order valence-electron chi connectivity index (χ0n) is 13.8. The molecule has 1 saturated heterocycles. The number of hydrogen-bond donors (Lipinski definition) is 0. The molecule has 1 fully saturated rings. The van der Waals surface area contributed by atoms with Crippen LogP contribution >= 0.6 is 0 Å². The lowest BCUT2D eigenvalue weighted by molar-refractivity contribution is -0.246. The summed E-state index contributed by atoms with van der Waals surface area (Å²) >= 11 is 0.